The summed E-state index contributed by atoms with van der Waals surface area (Å²) in [6.45, 7) is 4.15. The Morgan fingerprint density at radius 1 is 1.12 bits per heavy atom. The smallest absolute Gasteiger partial charge is 0.0852 e. The Morgan fingerprint density at radius 2 is 1.79 bits per heavy atom. The van der Waals surface area contributed by atoms with Crippen LogP contribution < -0.4 is 0 Å². The van der Waals surface area contributed by atoms with Gasteiger partial charge < -0.3 is 5.11 Å². The van der Waals surface area contributed by atoms with E-state index in [0.717, 1.165) is 40.2 Å². The van der Waals surface area contributed by atoms with Crippen molar-refractivity contribution < 1.29 is 9.32 Å². The second-order valence-corrected chi connectivity index (χ2v) is 8.41. The number of thioether (sulfide) groups is 1. The van der Waals surface area contributed by atoms with Gasteiger partial charge in [0.15, 0.2) is 0 Å². The van der Waals surface area contributed by atoms with Crippen LogP contribution in [0.25, 0.3) is 0 Å². The molecule has 2 aromatic rings. The lowest BCUT2D eigenvalue weighted by atomic mass is 10.0. The maximum atomic E-state index is 13.1. The zero-order chi connectivity index (χ0) is 17.5. The largest absolute Gasteiger partial charge is 0.392 e. The number of aliphatic hydroxyl groups is 1. The molecule has 2 nitrogen and oxygen atoms in total. The van der Waals surface area contributed by atoms with Gasteiger partial charge in [0.25, 0.3) is 0 Å². The fraction of sp³-hybridized carbons (Fsp3) is 0.400. The number of unbranched alkanes of at least 4 members (excludes halogenated alkanes) is 1. The van der Waals surface area contributed by atoms with Crippen LogP contribution in [0.15, 0.2) is 58.3 Å². The third kappa shape index (κ3) is 4.71. The number of hydrogen-bond acceptors (Lipinski definition) is 3. The minimum atomic E-state index is -1.24. The van der Waals surface area contributed by atoms with Crippen LogP contribution >= 0.6 is 11.8 Å². The van der Waals surface area contributed by atoms with Crippen molar-refractivity contribution >= 4 is 22.6 Å². The summed E-state index contributed by atoms with van der Waals surface area (Å²) in [6, 6.07) is 15.6. The van der Waals surface area contributed by atoms with Gasteiger partial charge in [-0.15, -0.1) is 0 Å². The summed E-state index contributed by atoms with van der Waals surface area (Å²) in [5, 5.41) is 10.5. The minimum absolute atomic E-state index is 0.0536. The van der Waals surface area contributed by atoms with Crippen molar-refractivity contribution in [2.45, 2.75) is 54.3 Å². The van der Waals surface area contributed by atoms with E-state index in [4.69, 9.17) is 0 Å². The predicted octanol–water partition coefficient (Wildman–Crippen LogP) is 5.12. The highest BCUT2D eigenvalue weighted by molar-refractivity contribution is 7.98. The van der Waals surface area contributed by atoms with E-state index in [9.17, 15) is 9.32 Å². The molecule has 0 saturated carbocycles. The van der Waals surface area contributed by atoms with E-state index in [-0.39, 0.29) is 5.25 Å². The lowest BCUT2D eigenvalue weighted by molar-refractivity contribution is 0.158. The maximum Gasteiger partial charge on any atom is 0.0852 e. The summed E-state index contributed by atoms with van der Waals surface area (Å²) < 4.78 is 13.1. The second kappa shape index (κ2) is 9.40. The Kier molecular flexibility index (Phi) is 7.53. The molecule has 0 radical (unpaired) electrons. The Hall–Kier alpha value is -1.10. The number of aliphatic hydroxyl groups excluding tert-OH is 1. The predicted molar refractivity (Wildman–Crippen MR) is 104 cm³/mol. The quantitative estimate of drug-likeness (QED) is 0.708. The molecule has 1 unspecified atom stereocenters. The zero-order valence-electron chi connectivity index (χ0n) is 14.6. The van der Waals surface area contributed by atoms with Crippen LogP contribution in [0.2, 0.25) is 0 Å². The molecule has 0 aromatic heterocycles. The van der Waals surface area contributed by atoms with Crippen molar-refractivity contribution in [3.63, 3.8) is 0 Å². The molecule has 0 amide bonds. The van der Waals surface area contributed by atoms with Crippen molar-refractivity contribution in [2.75, 3.05) is 6.26 Å². The number of benzene rings is 2. The van der Waals surface area contributed by atoms with Crippen molar-refractivity contribution in [1.29, 1.82) is 0 Å². The lowest BCUT2D eigenvalue weighted by Crippen LogP contribution is -2.17. The monoisotopic (exact) mass is 362 g/mol. The summed E-state index contributed by atoms with van der Waals surface area (Å²) >= 11 is 1.63. The standard InChI is InChI=1S/C20H26O2S2/c1-4-5-9-18(21)20(23-3)17-8-6-7-10-19(17)24(22)16-13-11-15(2)12-14-16/h6-8,10-14,18,20-21H,4-5,9H2,1-3H3/t18?,20-,24+/m1/s1. The molecule has 0 heterocycles. The Bertz CT molecular complexity index is 668. The van der Waals surface area contributed by atoms with Crippen molar-refractivity contribution in [3.8, 4) is 0 Å². The first-order chi connectivity index (χ1) is 11.6. The van der Waals surface area contributed by atoms with Gasteiger partial charge >= 0.3 is 0 Å². The summed E-state index contributed by atoms with van der Waals surface area (Å²) in [5.41, 5.74) is 2.13. The normalized spacial score (nSPS) is 15.0. The molecule has 0 spiro atoms. The lowest BCUT2D eigenvalue weighted by Gasteiger charge is -2.23. The van der Waals surface area contributed by atoms with Gasteiger partial charge in [0.1, 0.15) is 0 Å². The van der Waals surface area contributed by atoms with E-state index in [1.54, 1.807) is 11.8 Å². The van der Waals surface area contributed by atoms with E-state index in [0.29, 0.717) is 0 Å². The summed E-state index contributed by atoms with van der Waals surface area (Å²) in [4.78, 5) is 1.60. The molecule has 1 N–H and O–H groups in total. The van der Waals surface area contributed by atoms with Crippen molar-refractivity contribution in [3.05, 3.63) is 59.7 Å². The Labute approximate surface area is 152 Å². The molecule has 3 atom stereocenters. The van der Waals surface area contributed by atoms with Crippen LogP contribution in [-0.4, -0.2) is 21.7 Å². The second-order valence-electron chi connectivity index (χ2n) is 5.99. The average molecular weight is 363 g/mol. The van der Waals surface area contributed by atoms with E-state index >= 15 is 0 Å². The van der Waals surface area contributed by atoms with Gasteiger partial charge in [-0.25, -0.2) is 4.21 Å². The topological polar surface area (TPSA) is 37.3 Å². The molecule has 130 valence electrons. The van der Waals surface area contributed by atoms with E-state index in [2.05, 4.69) is 6.92 Å². The zero-order valence-corrected chi connectivity index (χ0v) is 16.2. The van der Waals surface area contributed by atoms with E-state index in [1.165, 1.54) is 0 Å². The molecule has 4 heteroatoms. The fourth-order valence-corrected chi connectivity index (χ4v) is 4.96. The third-order valence-electron chi connectivity index (χ3n) is 4.12. The molecule has 24 heavy (non-hydrogen) atoms. The van der Waals surface area contributed by atoms with Crippen LogP contribution in [0.3, 0.4) is 0 Å². The van der Waals surface area contributed by atoms with Gasteiger partial charge in [-0.2, -0.15) is 11.8 Å². The molecule has 2 rings (SSSR count). The molecule has 0 aliphatic carbocycles. The number of aryl methyl sites for hydroxylation is 1. The SMILES string of the molecule is CCCCC(O)[C@H](SC)c1ccccc1[S@@](=O)c1ccc(C)cc1. The molecule has 0 bridgehead atoms. The minimum Gasteiger partial charge on any atom is -0.392 e. The highest BCUT2D eigenvalue weighted by Crippen LogP contribution is 2.36. The molecular formula is C20H26O2S2. The highest BCUT2D eigenvalue weighted by Gasteiger charge is 2.24. The molecular weight excluding hydrogens is 336 g/mol. The summed E-state index contributed by atoms with van der Waals surface area (Å²) in [6.07, 6.45) is 4.42. The molecule has 0 aliphatic rings. The molecule has 0 aliphatic heterocycles. The highest BCUT2D eigenvalue weighted by atomic mass is 32.2. The fourth-order valence-electron chi connectivity index (χ4n) is 2.73. The van der Waals surface area contributed by atoms with Crippen LogP contribution in [0.5, 0.6) is 0 Å². The van der Waals surface area contributed by atoms with Gasteiger partial charge in [0.2, 0.25) is 0 Å². The van der Waals surface area contributed by atoms with Crippen molar-refractivity contribution in [2.24, 2.45) is 0 Å². The van der Waals surface area contributed by atoms with Crippen molar-refractivity contribution in [1.82, 2.24) is 0 Å². The third-order valence-corrected chi connectivity index (χ3v) is 6.66. The van der Waals surface area contributed by atoms with Gasteiger partial charge in [0, 0.05) is 9.79 Å². The molecule has 0 saturated heterocycles. The Morgan fingerprint density at radius 3 is 2.42 bits per heavy atom. The number of hydrogen-bond donors (Lipinski definition) is 1. The molecule has 0 fully saturated rings. The first-order valence-corrected chi connectivity index (χ1v) is 10.8. The van der Waals surface area contributed by atoms with Gasteiger partial charge in [-0.3, -0.25) is 0 Å². The van der Waals surface area contributed by atoms with E-state index < -0.39 is 16.9 Å². The van der Waals surface area contributed by atoms with Crippen LogP contribution in [0.4, 0.5) is 0 Å². The van der Waals surface area contributed by atoms with Crippen LogP contribution in [0.1, 0.15) is 42.6 Å². The molecule has 2 aromatic carbocycles. The summed E-state index contributed by atoms with van der Waals surface area (Å²) in [7, 11) is -1.24. The number of rotatable bonds is 8. The average Bonchev–Trinajstić information content (AvgIpc) is 2.61. The van der Waals surface area contributed by atoms with Crippen LogP contribution in [-0.2, 0) is 10.8 Å². The van der Waals surface area contributed by atoms with Gasteiger partial charge in [-0.1, -0.05) is 55.7 Å². The first-order valence-electron chi connectivity index (χ1n) is 8.36. The first kappa shape index (κ1) is 19.2. The van der Waals surface area contributed by atoms with E-state index in [1.807, 2.05) is 61.7 Å². The van der Waals surface area contributed by atoms with Gasteiger partial charge in [0.05, 0.1) is 22.2 Å². The Balaban J connectivity index is 2.34. The van der Waals surface area contributed by atoms with Gasteiger partial charge in [-0.05, 0) is 43.4 Å². The maximum absolute atomic E-state index is 13.1. The van der Waals surface area contributed by atoms with Crippen LogP contribution in [0, 0.1) is 6.92 Å². The summed E-state index contributed by atoms with van der Waals surface area (Å²) in [5.74, 6) is 0.